The molecule has 0 saturated carbocycles. The van der Waals surface area contributed by atoms with Gasteiger partial charge in [-0.2, -0.15) is 13.2 Å². The van der Waals surface area contributed by atoms with Crippen molar-refractivity contribution < 1.29 is 13.2 Å². The molecule has 0 aliphatic heterocycles. The molecule has 1 aliphatic carbocycles. The Hall–Kier alpha value is -1.33. The number of hydrazine groups is 1. The summed E-state index contributed by atoms with van der Waals surface area (Å²) in [4.78, 5) is 0. The first kappa shape index (κ1) is 15.1. The highest BCUT2D eigenvalue weighted by Crippen LogP contribution is 2.32. The first-order chi connectivity index (χ1) is 9.50. The predicted octanol–water partition coefficient (Wildman–Crippen LogP) is 4.10. The zero-order valence-corrected chi connectivity index (χ0v) is 11.2. The molecule has 3 N–H and O–H groups in total. The lowest BCUT2D eigenvalue weighted by atomic mass is 9.91. The van der Waals surface area contributed by atoms with Crippen LogP contribution in [0.1, 0.15) is 49.3 Å². The summed E-state index contributed by atoms with van der Waals surface area (Å²) in [5, 5.41) is 0. The number of halogens is 3. The minimum absolute atomic E-state index is 0.276. The van der Waals surface area contributed by atoms with Crippen molar-refractivity contribution in [3.8, 4) is 0 Å². The van der Waals surface area contributed by atoms with Gasteiger partial charge in [-0.15, -0.1) is 0 Å². The number of alkyl halides is 3. The number of allylic oxidation sites excluding steroid dienone is 1. The molecular weight excluding hydrogens is 265 g/mol. The number of nitrogens with two attached hydrogens (primary N) is 1. The summed E-state index contributed by atoms with van der Waals surface area (Å²) in [7, 11) is 0. The van der Waals surface area contributed by atoms with E-state index in [2.05, 4.69) is 11.5 Å². The minimum atomic E-state index is -4.32. The zero-order valence-electron chi connectivity index (χ0n) is 11.2. The fourth-order valence-corrected chi connectivity index (χ4v) is 2.56. The number of hydrogen-bond acceptors (Lipinski definition) is 2. The molecule has 5 heteroatoms. The molecule has 0 saturated heterocycles. The summed E-state index contributed by atoms with van der Waals surface area (Å²) >= 11 is 0. The third-order valence-electron chi connectivity index (χ3n) is 3.67. The minimum Gasteiger partial charge on any atom is -0.271 e. The van der Waals surface area contributed by atoms with E-state index in [-0.39, 0.29) is 6.04 Å². The maximum Gasteiger partial charge on any atom is 0.416 e. The second kappa shape index (κ2) is 6.41. The van der Waals surface area contributed by atoms with Gasteiger partial charge in [0.15, 0.2) is 0 Å². The van der Waals surface area contributed by atoms with Crippen molar-refractivity contribution in [2.45, 2.75) is 44.3 Å². The number of hydrogen-bond donors (Lipinski definition) is 2. The van der Waals surface area contributed by atoms with Gasteiger partial charge in [-0.3, -0.25) is 11.3 Å². The van der Waals surface area contributed by atoms with E-state index in [1.807, 2.05) is 0 Å². The van der Waals surface area contributed by atoms with Crippen LogP contribution in [-0.2, 0) is 6.18 Å². The lowest BCUT2D eigenvalue weighted by Gasteiger charge is -2.21. The van der Waals surface area contributed by atoms with Gasteiger partial charge in [-0.1, -0.05) is 23.8 Å². The SMILES string of the molecule is NNC(CC1=CCCCC1)c1cccc(C(F)(F)F)c1. The van der Waals surface area contributed by atoms with Crippen LogP contribution in [-0.4, -0.2) is 0 Å². The van der Waals surface area contributed by atoms with E-state index in [1.54, 1.807) is 6.07 Å². The summed E-state index contributed by atoms with van der Waals surface area (Å²) < 4.78 is 38.2. The fourth-order valence-electron chi connectivity index (χ4n) is 2.56. The lowest BCUT2D eigenvalue weighted by molar-refractivity contribution is -0.137. The molecule has 20 heavy (non-hydrogen) atoms. The Morgan fingerprint density at radius 1 is 1.25 bits per heavy atom. The smallest absolute Gasteiger partial charge is 0.271 e. The molecule has 0 heterocycles. The third-order valence-corrected chi connectivity index (χ3v) is 3.67. The van der Waals surface area contributed by atoms with E-state index in [0.29, 0.717) is 12.0 Å². The highest BCUT2D eigenvalue weighted by molar-refractivity contribution is 5.29. The van der Waals surface area contributed by atoms with Crippen LogP contribution in [0.15, 0.2) is 35.9 Å². The van der Waals surface area contributed by atoms with E-state index < -0.39 is 11.7 Å². The molecule has 1 aliphatic rings. The van der Waals surface area contributed by atoms with Gasteiger partial charge in [0.05, 0.1) is 5.56 Å². The van der Waals surface area contributed by atoms with Crippen LogP contribution in [0.4, 0.5) is 13.2 Å². The van der Waals surface area contributed by atoms with Crippen molar-refractivity contribution >= 4 is 0 Å². The summed E-state index contributed by atoms with van der Waals surface area (Å²) in [6.45, 7) is 0. The normalized spacial score (nSPS) is 17.7. The summed E-state index contributed by atoms with van der Waals surface area (Å²) in [6, 6.07) is 5.09. The van der Waals surface area contributed by atoms with Gasteiger partial charge in [-0.05, 0) is 49.8 Å². The van der Waals surface area contributed by atoms with Gasteiger partial charge in [0.25, 0.3) is 0 Å². The zero-order chi connectivity index (χ0) is 14.6. The molecule has 1 aromatic carbocycles. The highest BCUT2D eigenvalue weighted by atomic mass is 19.4. The lowest BCUT2D eigenvalue weighted by Crippen LogP contribution is -2.28. The van der Waals surface area contributed by atoms with Gasteiger partial charge < -0.3 is 0 Å². The van der Waals surface area contributed by atoms with Gasteiger partial charge in [0.1, 0.15) is 0 Å². The van der Waals surface area contributed by atoms with Crippen molar-refractivity contribution in [1.82, 2.24) is 5.43 Å². The summed E-state index contributed by atoms with van der Waals surface area (Å²) in [5.41, 5.74) is 3.86. The predicted molar refractivity (Wildman–Crippen MR) is 72.7 cm³/mol. The molecule has 0 amide bonds. The molecule has 0 bridgehead atoms. The van der Waals surface area contributed by atoms with E-state index in [9.17, 15) is 13.2 Å². The molecule has 1 atom stereocenters. The molecule has 1 unspecified atom stereocenters. The van der Waals surface area contributed by atoms with Crippen molar-refractivity contribution in [2.75, 3.05) is 0 Å². The molecule has 1 aromatic rings. The van der Waals surface area contributed by atoms with Gasteiger partial charge in [0.2, 0.25) is 0 Å². The summed E-state index contributed by atoms with van der Waals surface area (Å²) in [6.07, 6.45) is 2.92. The molecule has 0 radical (unpaired) electrons. The van der Waals surface area contributed by atoms with Gasteiger partial charge in [-0.25, -0.2) is 0 Å². The molecule has 110 valence electrons. The Bertz CT molecular complexity index is 480. The number of rotatable bonds is 4. The maximum absolute atomic E-state index is 12.7. The molecule has 0 aromatic heterocycles. The average Bonchev–Trinajstić information content (AvgIpc) is 2.45. The van der Waals surface area contributed by atoms with Crippen LogP contribution in [0.5, 0.6) is 0 Å². The second-order valence-corrected chi connectivity index (χ2v) is 5.15. The Morgan fingerprint density at radius 3 is 2.65 bits per heavy atom. The monoisotopic (exact) mass is 284 g/mol. The van der Waals surface area contributed by atoms with E-state index in [0.717, 1.165) is 25.3 Å². The van der Waals surface area contributed by atoms with E-state index in [1.165, 1.54) is 24.1 Å². The number of benzene rings is 1. The van der Waals surface area contributed by atoms with Crippen LogP contribution >= 0.6 is 0 Å². The molecular formula is C15H19F3N2. The maximum atomic E-state index is 12.7. The van der Waals surface area contributed by atoms with E-state index in [4.69, 9.17) is 5.84 Å². The van der Waals surface area contributed by atoms with Crippen LogP contribution in [0.3, 0.4) is 0 Å². The first-order valence-corrected chi connectivity index (χ1v) is 6.82. The molecule has 2 rings (SSSR count). The van der Waals surface area contributed by atoms with Crippen molar-refractivity contribution in [2.24, 2.45) is 5.84 Å². The third kappa shape index (κ3) is 3.84. The Morgan fingerprint density at radius 2 is 2.05 bits per heavy atom. The van der Waals surface area contributed by atoms with Crippen LogP contribution in [0.2, 0.25) is 0 Å². The Labute approximate surface area is 116 Å². The largest absolute Gasteiger partial charge is 0.416 e. The van der Waals surface area contributed by atoms with Crippen molar-refractivity contribution in [1.29, 1.82) is 0 Å². The van der Waals surface area contributed by atoms with Crippen LogP contribution in [0, 0.1) is 0 Å². The van der Waals surface area contributed by atoms with Crippen LogP contribution in [0.25, 0.3) is 0 Å². The Balaban J connectivity index is 2.16. The van der Waals surface area contributed by atoms with Crippen LogP contribution < -0.4 is 11.3 Å². The van der Waals surface area contributed by atoms with Gasteiger partial charge >= 0.3 is 6.18 Å². The first-order valence-electron chi connectivity index (χ1n) is 6.82. The molecule has 0 spiro atoms. The highest BCUT2D eigenvalue weighted by Gasteiger charge is 2.31. The van der Waals surface area contributed by atoms with Crippen molar-refractivity contribution in [3.05, 3.63) is 47.0 Å². The molecule has 0 fully saturated rings. The standard InChI is InChI=1S/C15H19F3N2/c16-15(17,18)13-8-4-7-12(10-13)14(20-19)9-11-5-2-1-3-6-11/h4-5,7-8,10,14,20H,1-3,6,9,19H2. The van der Waals surface area contributed by atoms with Crippen molar-refractivity contribution in [3.63, 3.8) is 0 Å². The second-order valence-electron chi connectivity index (χ2n) is 5.15. The van der Waals surface area contributed by atoms with E-state index >= 15 is 0 Å². The molecule has 2 nitrogen and oxygen atoms in total. The quantitative estimate of drug-likeness (QED) is 0.496. The average molecular weight is 284 g/mol. The number of nitrogens with one attached hydrogen (secondary N) is 1. The fraction of sp³-hybridized carbons (Fsp3) is 0.467. The summed E-state index contributed by atoms with van der Waals surface area (Å²) in [5.74, 6) is 5.52. The van der Waals surface area contributed by atoms with Gasteiger partial charge in [0, 0.05) is 6.04 Å². The topological polar surface area (TPSA) is 38.0 Å². The Kier molecular flexibility index (Phi) is 4.83.